The number of aromatic nitrogens is 1. The molecule has 1 aromatic heterocycles. The second-order valence-corrected chi connectivity index (χ2v) is 5.34. The molecule has 1 aromatic rings. The number of nitrogens with zero attached hydrogens (tertiary/aromatic N) is 1. The van der Waals surface area contributed by atoms with E-state index in [-0.39, 0.29) is 0 Å². The van der Waals surface area contributed by atoms with Crippen LogP contribution >= 0.6 is 27.5 Å². The standard InChI is InChI=1S/C10H12BrClN2O2/c1-10(2,3)16-9(15)14-6-4-7(11)8(12)13-5-6/h4-5H,1-3H3,(H,14,15). The highest BCUT2D eigenvalue weighted by molar-refractivity contribution is 9.10. The molecule has 1 amide bonds. The fraction of sp³-hybridized carbons (Fsp3) is 0.400. The summed E-state index contributed by atoms with van der Waals surface area (Å²) in [6.07, 6.45) is 0.931. The van der Waals surface area contributed by atoms with E-state index in [9.17, 15) is 4.79 Å². The summed E-state index contributed by atoms with van der Waals surface area (Å²) in [5, 5.41) is 2.90. The van der Waals surface area contributed by atoms with Gasteiger partial charge in [0, 0.05) is 0 Å². The van der Waals surface area contributed by atoms with E-state index in [2.05, 4.69) is 26.2 Å². The van der Waals surface area contributed by atoms with Crippen LogP contribution in [0.15, 0.2) is 16.7 Å². The summed E-state index contributed by atoms with van der Waals surface area (Å²) < 4.78 is 5.70. The number of nitrogens with one attached hydrogen (secondary N) is 1. The van der Waals surface area contributed by atoms with Crippen LogP contribution in [0.4, 0.5) is 10.5 Å². The molecule has 4 nitrogen and oxygen atoms in total. The van der Waals surface area contributed by atoms with Crippen LogP contribution in [0.2, 0.25) is 5.15 Å². The molecule has 1 heterocycles. The van der Waals surface area contributed by atoms with Crippen molar-refractivity contribution in [3.8, 4) is 0 Å². The summed E-state index contributed by atoms with van der Waals surface area (Å²) >= 11 is 8.93. The fourth-order valence-corrected chi connectivity index (χ4v) is 1.36. The van der Waals surface area contributed by atoms with Crippen molar-refractivity contribution in [3.05, 3.63) is 21.9 Å². The summed E-state index contributed by atoms with van der Waals surface area (Å²) in [6, 6.07) is 1.65. The quantitative estimate of drug-likeness (QED) is 0.802. The molecule has 0 saturated carbocycles. The third-order valence-corrected chi connectivity index (χ3v) is 2.58. The lowest BCUT2D eigenvalue weighted by atomic mass is 10.2. The minimum atomic E-state index is -0.527. The van der Waals surface area contributed by atoms with Crippen molar-refractivity contribution in [2.75, 3.05) is 5.32 Å². The Balaban J connectivity index is 2.67. The van der Waals surface area contributed by atoms with Gasteiger partial charge in [0.25, 0.3) is 0 Å². The second-order valence-electron chi connectivity index (χ2n) is 4.12. The number of amides is 1. The predicted octanol–water partition coefficient (Wildman–Crippen LogP) is 3.84. The van der Waals surface area contributed by atoms with E-state index in [1.54, 1.807) is 26.8 Å². The van der Waals surface area contributed by atoms with Crippen molar-refractivity contribution >= 4 is 39.3 Å². The number of carbonyl (C=O) groups excluding carboxylic acids is 1. The number of ether oxygens (including phenoxy) is 1. The summed E-state index contributed by atoms with van der Waals surface area (Å²) in [4.78, 5) is 15.3. The molecule has 0 spiro atoms. The Morgan fingerprint density at radius 2 is 2.19 bits per heavy atom. The number of pyridine rings is 1. The zero-order valence-electron chi connectivity index (χ0n) is 9.17. The first kappa shape index (κ1) is 13.3. The summed E-state index contributed by atoms with van der Waals surface area (Å²) in [5.74, 6) is 0. The molecule has 0 aliphatic rings. The van der Waals surface area contributed by atoms with E-state index in [1.807, 2.05) is 0 Å². The minimum absolute atomic E-state index is 0.342. The predicted molar refractivity (Wildman–Crippen MR) is 66.8 cm³/mol. The number of hydrogen-bond acceptors (Lipinski definition) is 3. The van der Waals surface area contributed by atoms with Crippen molar-refractivity contribution in [2.45, 2.75) is 26.4 Å². The lowest BCUT2D eigenvalue weighted by molar-refractivity contribution is 0.0636. The lowest BCUT2D eigenvalue weighted by Crippen LogP contribution is -2.27. The van der Waals surface area contributed by atoms with Gasteiger partial charge in [0.15, 0.2) is 0 Å². The highest BCUT2D eigenvalue weighted by Crippen LogP contribution is 2.23. The maximum absolute atomic E-state index is 11.4. The van der Waals surface area contributed by atoms with E-state index in [0.717, 1.165) is 0 Å². The zero-order valence-corrected chi connectivity index (χ0v) is 11.5. The van der Waals surface area contributed by atoms with Gasteiger partial charge >= 0.3 is 6.09 Å². The molecule has 16 heavy (non-hydrogen) atoms. The average Bonchev–Trinajstić information content (AvgIpc) is 2.08. The van der Waals surface area contributed by atoms with Gasteiger partial charge < -0.3 is 4.74 Å². The largest absolute Gasteiger partial charge is 0.444 e. The number of hydrogen-bond donors (Lipinski definition) is 1. The smallest absolute Gasteiger partial charge is 0.412 e. The lowest BCUT2D eigenvalue weighted by Gasteiger charge is -2.19. The first-order chi connectivity index (χ1) is 7.28. The van der Waals surface area contributed by atoms with Gasteiger partial charge in [-0.2, -0.15) is 0 Å². The molecular weight excluding hydrogens is 295 g/mol. The summed E-state index contributed by atoms with van der Waals surface area (Å²) in [5.41, 5.74) is -0.00761. The Morgan fingerprint density at radius 1 is 1.56 bits per heavy atom. The maximum atomic E-state index is 11.4. The van der Waals surface area contributed by atoms with E-state index in [0.29, 0.717) is 15.3 Å². The van der Waals surface area contributed by atoms with Crippen LogP contribution in [0.5, 0.6) is 0 Å². The molecule has 0 unspecified atom stereocenters. The highest BCUT2D eigenvalue weighted by Gasteiger charge is 2.16. The van der Waals surface area contributed by atoms with Crippen molar-refractivity contribution in [2.24, 2.45) is 0 Å². The number of rotatable bonds is 1. The Bertz CT molecular complexity index is 404. The monoisotopic (exact) mass is 306 g/mol. The normalized spacial score (nSPS) is 11.1. The molecule has 0 aromatic carbocycles. The second kappa shape index (κ2) is 5.01. The van der Waals surface area contributed by atoms with Crippen LogP contribution in [-0.4, -0.2) is 16.7 Å². The third-order valence-electron chi connectivity index (χ3n) is 1.44. The minimum Gasteiger partial charge on any atom is -0.444 e. The highest BCUT2D eigenvalue weighted by atomic mass is 79.9. The molecular formula is C10H12BrClN2O2. The number of halogens is 2. The molecule has 0 atom stereocenters. The van der Waals surface area contributed by atoms with Crippen molar-refractivity contribution in [1.29, 1.82) is 0 Å². The Morgan fingerprint density at radius 3 is 2.69 bits per heavy atom. The number of anilines is 1. The van der Waals surface area contributed by atoms with E-state index in [4.69, 9.17) is 16.3 Å². The van der Waals surface area contributed by atoms with Crippen LogP contribution < -0.4 is 5.32 Å². The van der Waals surface area contributed by atoms with E-state index < -0.39 is 11.7 Å². The third kappa shape index (κ3) is 4.37. The van der Waals surface area contributed by atoms with Gasteiger partial charge in [-0.25, -0.2) is 9.78 Å². The SMILES string of the molecule is CC(C)(C)OC(=O)Nc1cnc(Cl)c(Br)c1. The van der Waals surface area contributed by atoms with Gasteiger partial charge in [-0.05, 0) is 42.8 Å². The molecule has 6 heteroatoms. The van der Waals surface area contributed by atoms with Gasteiger partial charge in [-0.1, -0.05) is 11.6 Å². The zero-order chi connectivity index (χ0) is 12.3. The number of carbonyl (C=O) groups is 1. The van der Waals surface area contributed by atoms with Crippen LogP contribution in [0.1, 0.15) is 20.8 Å². The van der Waals surface area contributed by atoms with Crippen molar-refractivity contribution in [3.63, 3.8) is 0 Å². The van der Waals surface area contributed by atoms with Crippen LogP contribution in [-0.2, 0) is 4.74 Å². The Kier molecular flexibility index (Phi) is 4.15. The van der Waals surface area contributed by atoms with E-state index >= 15 is 0 Å². The first-order valence-electron chi connectivity index (χ1n) is 4.59. The average molecular weight is 308 g/mol. The molecule has 0 saturated heterocycles. The van der Waals surface area contributed by atoms with Crippen LogP contribution in [0, 0.1) is 0 Å². The molecule has 1 rings (SSSR count). The first-order valence-corrected chi connectivity index (χ1v) is 5.76. The topological polar surface area (TPSA) is 51.2 Å². The molecule has 0 radical (unpaired) electrons. The maximum Gasteiger partial charge on any atom is 0.412 e. The van der Waals surface area contributed by atoms with Gasteiger partial charge in [0.1, 0.15) is 10.8 Å². The van der Waals surface area contributed by atoms with Gasteiger partial charge in [0.2, 0.25) is 0 Å². The van der Waals surface area contributed by atoms with Gasteiger partial charge in [-0.3, -0.25) is 5.32 Å². The van der Waals surface area contributed by atoms with Crippen molar-refractivity contribution < 1.29 is 9.53 Å². The fourth-order valence-electron chi connectivity index (χ4n) is 0.911. The van der Waals surface area contributed by atoms with Gasteiger partial charge in [-0.15, -0.1) is 0 Å². The van der Waals surface area contributed by atoms with E-state index in [1.165, 1.54) is 6.20 Å². The Labute approximate surface area is 107 Å². The molecule has 0 aliphatic heterocycles. The molecule has 0 aliphatic carbocycles. The molecule has 88 valence electrons. The molecule has 0 fully saturated rings. The van der Waals surface area contributed by atoms with Crippen molar-refractivity contribution in [1.82, 2.24) is 4.98 Å². The van der Waals surface area contributed by atoms with Gasteiger partial charge in [0.05, 0.1) is 16.4 Å². The summed E-state index contributed by atoms with van der Waals surface area (Å²) in [6.45, 7) is 5.38. The Hall–Kier alpha value is -0.810. The van der Waals surface area contributed by atoms with Crippen LogP contribution in [0.25, 0.3) is 0 Å². The van der Waals surface area contributed by atoms with Crippen LogP contribution in [0.3, 0.4) is 0 Å². The summed E-state index contributed by atoms with van der Waals surface area (Å²) in [7, 11) is 0. The molecule has 0 bridgehead atoms. The molecule has 1 N–H and O–H groups in total.